The lowest BCUT2D eigenvalue weighted by atomic mass is 9.83. The third-order valence-electron chi connectivity index (χ3n) is 5.38. The van der Waals surface area contributed by atoms with Crippen LogP contribution in [0, 0.1) is 0 Å². The normalized spacial score (nSPS) is 22.9. The zero-order chi connectivity index (χ0) is 17.5. The molecule has 3 nitrogen and oxygen atoms in total. The topological polar surface area (TPSA) is 29.5 Å². The van der Waals surface area contributed by atoms with Crippen molar-refractivity contribution >= 4 is 7.14 Å². The first-order valence-electron chi connectivity index (χ1n) is 9.05. The molecule has 2 aliphatic heterocycles. The van der Waals surface area contributed by atoms with Gasteiger partial charge >= 0.3 is 0 Å². The highest BCUT2D eigenvalue weighted by Crippen LogP contribution is 2.51. The van der Waals surface area contributed by atoms with E-state index in [9.17, 15) is 4.57 Å². The molecule has 0 bridgehead atoms. The van der Waals surface area contributed by atoms with E-state index in [1.54, 1.807) is 0 Å². The first-order valence-corrected chi connectivity index (χ1v) is 11.8. The predicted molar refractivity (Wildman–Crippen MR) is 103 cm³/mol. The Morgan fingerprint density at radius 3 is 2.36 bits per heavy atom. The van der Waals surface area contributed by atoms with Crippen LogP contribution in [0.1, 0.15) is 35.6 Å². The Bertz CT molecular complexity index is 791. The van der Waals surface area contributed by atoms with Gasteiger partial charge in [0.2, 0.25) is 0 Å². The SMILES string of the molecule is CP(C)(=O)CN1CCC2(CC1)OC(c1ccccc1)c1ccccc12. The van der Waals surface area contributed by atoms with E-state index in [0.717, 1.165) is 25.9 Å². The molecule has 2 aromatic carbocycles. The molecular formula is C21H26NO2P. The molecule has 25 heavy (non-hydrogen) atoms. The van der Waals surface area contributed by atoms with Gasteiger partial charge in [0, 0.05) is 13.1 Å². The summed E-state index contributed by atoms with van der Waals surface area (Å²) in [6, 6.07) is 19.2. The number of piperidine rings is 1. The monoisotopic (exact) mass is 355 g/mol. The Labute approximate surface area is 150 Å². The lowest BCUT2D eigenvalue weighted by Gasteiger charge is -2.40. The molecule has 1 spiro atoms. The van der Waals surface area contributed by atoms with Crippen LogP contribution in [0.25, 0.3) is 0 Å². The summed E-state index contributed by atoms with van der Waals surface area (Å²) in [5.74, 6) is 0. The summed E-state index contributed by atoms with van der Waals surface area (Å²) in [6.45, 7) is 5.65. The van der Waals surface area contributed by atoms with Crippen molar-refractivity contribution in [2.45, 2.75) is 24.5 Å². The van der Waals surface area contributed by atoms with Gasteiger partial charge in [-0.2, -0.15) is 0 Å². The number of fused-ring (bicyclic) bond motifs is 2. The Morgan fingerprint density at radius 2 is 1.68 bits per heavy atom. The van der Waals surface area contributed by atoms with Crippen molar-refractivity contribution < 1.29 is 9.30 Å². The van der Waals surface area contributed by atoms with E-state index in [4.69, 9.17) is 4.74 Å². The molecule has 2 heterocycles. The maximum atomic E-state index is 12.2. The summed E-state index contributed by atoms with van der Waals surface area (Å²) < 4.78 is 18.9. The van der Waals surface area contributed by atoms with Crippen LogP contribution in [0.2, 0.25) is 0 Å². The molecule has 1 atom stereocenters. The summed E-state index contributed by atoms with van der Waals surface area (Å²) >= 11 is 0. The molecule has 1 fully saturated rings. The molecule has 0 aliphatic carbocycles. The number of hydrogen-bond acceptors (Lipinski definition) is 3. The van der Waals surface area contributed by atoms with E-state index in [1.165, 1.54) is 16.7 Å². The van der Waals surface area contributed by atoms with Crippen molar-refractivity contribution in [1.82, 2.24) is 4.90 Å². The summed E-state index contributed by atoms with van der Waals surface area (Å²) in [4.78, 5) is 2.34. The molecule has 2 aromatic rings. The summed E-state index contributed by atoms with van der Waals surface area (Å²) in [6.07, 6.45) is 2.67. The van der Waals surface area contributed by atoms with Crippen molar-refractivity contribution in [1.29, 1.82) is 0 Å². The number of benzene rings is 2. The second kappa shape index (κ2) is 6.39. The first kappa shape index (κ1) is 17.0. The van der Waals surface area contributed by atoms with Crippen LogP contribution >= 0.6 is 7.14 Å². The molecule has 0 saturated carbocycles. The maximum absolute atomic E-state index is 12.2. The van der Waals surface area contributed by atoms with E-state index >= 15 is 0 Å². The Hall–Kier alpha value is -1.41. The largest absolute Gasteiger partial charge is 0.358 e. The Kier molecular flexibility index (Phi) is 4.35. The van der Waals surface area contributed by atoms with Crippen LogP contribution in [-0.4, -0.2) is 37.6 Å². The molecule has 0 aromatic heterocycles. The van der Waals surface area contributed by atoms with Gasteiger partial charge in [-0.3, -0.25) is 4.90 Å². The molecule has 4 rings (SSSR count). The fourth-order valence-electron chi connectivity index (χ4n) is 4.29. The van der Waals surface area contributed by atoms with Gasteiger partial charge in [-0.25, -0.2) is 0 Å². The summed E-state index contributed by atoms with van der Waals surface area (Å²) in [7, 11) is -2.02. The third kappa shape index (κ3) is 3.33. The van der Waals surface area contributed by atoms with Crippen LogP contribution in [0.5, 0.6) is 0 Å². The highest BCUT2D eigenvalue weighted by atomic mass is 31.2. The van der Waals surface area contributed by atoms with E-state index in [2.05, 4.69) is 53.4 Å². The quantitative estimate of drug-likeness (QED) is 0.749. The molecule has 4 heteroatoms. The van der Waals surface area contributed by atoms with E-state index in [0.29, 0.717) is 6.29 Å². The van der Waals surface area contributed by atoms with Crippen LogP contribution in [-0.2, 0) is 14.9 Å². The van der Waals surface area contributed by atoms with Gasteiger partial charge in [0.05, 0.1) is 19.0 Å². The van der Waals surface area contributed by atoms with Gasteiger partial charge in [0.15, 0.2) is 0 Å². The number of ether oxygens (including phenoxy) is 1. The fourth-order valence-corrected chi connectivity index (χ4v) is 5.54. The zero-order valence-corrected chi connectivity index (χ0v) is 15.9. The summed E-state index contributed by atoms with van der Waals surface area (Å²) in [5.41, 5.74) is 3.68. The zero-order valence-electron chi connectivity index (χ0n) is 15.0. The molecule has 132 valence electrons. The first-order chi connectivity index (χ1) is 12.0. The maximum Gasteiger partial charge on any atom is 0.109 e. The van der Waals surface area contributed by atoms with E-state index < -0.39 is 7.14 Å². The number of nitrogens with zero attached hydrogens (tertiary/aromatic N) is 1. The number of rotatable bonds is 3. The molecular weight excluding hydrogens is 329 g/mol. The molecule has 0 radical (unpaired) electrons. The minimum absolute atomic E-state index is 0.0207. The van der Waals surface area contributed by atoms with Crippen molar-refractivity contribution in [3.63, 3.8) is 0 Å². The molecule has 1 saturated heterocycles. The van der Waals surface area contributed by atoms with Crippen molar-refractivity contribution in [3.8, 4) is 0 Å². The average Bonchev–Trinajstić information content (AvgIpc) is 2.92. The number of likely N-dealkylation sites (tertiary alicyclic amines) is 1. The minimum atomic E-state index is -2.02. The van der Waals surface area contributed by atoms with Crippen molar-refractivity contribution in [2.75, 3.05) is 32.7 Å². The molecule has 0 amide bonds. The van der Waals surface area contributed by atoms with Gasteiger partial charge in [-0.05, 0) is 42.9 Å². The van der Waals surface area contributed by atoms with Crippen molar-refractivity contribution in [2.24, 2.45) is 0 Å². The van der Waals surface area contributed by atoms with Gasteiger partial charge in [0.1, 0.15) is 6.10 Å². The highest BCUT2D eigenvalue weighted by molar-refractivity contribution is 7.62. The third-order valence-corrected chi connectivity index (χ3v) is 6.47. The smallest absolute Gasteiger partial charge is 0.109 e. The van der Waals surface area contributed by atoms with Crippen LogP contribution in [0.15, 0.2) is 54.6 Å². The van der Waals surface area contributed by atoms with Crippen LogP contribution in [0.4, 0.5) is 0 Å². The molecule has 2 aliphatic rings. The van der Waals surface area contributed by atoms with Gasteiger partial charge < -0.3 is 9.30 Å². The number of hydrogen-bond donors (Lipinski definition) is 0. The van der Waals surface area contributed by atoms with Gasteiger partial charge in [0.25, 0.3) is 0 Å². The van der Waals surface area contributed by atoms with Crippen molar-refractivity contribution in [3.05, 3.63) is 71.3 Å². The lowest BCUT2D eigenvalue weighted by molar-refractivity contribution is -0.0950. The standard InChI is InChI=1S/C21H26NO2P/c1-25(2,23)16-22-14-12-21(13-15-22)19-11-7-6-10-18(19)20(24-21)17-8-4-3-5-9-17/h3-11,20H,12-16H2,1-2H3. The molecule has 0 N–H and O–H groups in total. The molecule has 1 unspecified atom stereocenters. The Morgan fingerprint density at radius 1 is 1.04 bits per heavy atom. The highest BCUT2D eigenvalue weighted by Gasteiger charge is 2.47. The average molecular weight is 355 g/mol. The van der Waals surface area contributed by atoms with E-state index in [-0.39, 0.29) is 11.7 Å². The van der Waals surface area contributed by atoms with E-state index in [1.807, 2.05) is 19.4 Å². The fraction of sp³-hybridized carbons (Fsp3) is 0.429. The van der Waals surface area contributed by atoms with Crippen LogP contribution in [0.3, 0.4) is 0 Å². The van der Waals surface area contributed by atoms with Crippen LogP contribution < -0.4 is 0 Å². The second-order valence-corrected chi connectivity index (χ2v) is 11.3. The predicted octanol–water partition coefficient (Wildman–Crippen LogP) is 4.68. The summed E-state index contributed by atoms with van der Waals surface area (Å²) in [5, 5.41) is 0. The van der Waals surface area contributed by atoms with Gasteiger partial charge in [-0.1, -0.05) is 54.6 Å². The Balaban J connectivity index is 1.61. The minimum Gasteiger partial charge on any atom is -0.358 e. The second-order valence-electron chi connectivity index (χ2n) is 7.82. The van der Waals surface area contributed by atoms with Gasteiger partial charge in [-0.15, -0.1) is 0 Å². The lowest BCUT2D eigenvalue weighted by Crippen LogP contribution is -2.42.